The van der Waals surface area contributed by atoms with E-state index in [0.717, 1.165) is 29.9 Å². The predicted molar refractivity (Wildman–Crippen MR) is 88.7 cm³/mol. The van der Waals surface area contributed by atoms with Crippen molar-refractivity contribution in [1.29, 1.82) is 0 Å². The first-order valence-electron chi connectivity index (χ1n) is 7.19. The van der Waals surface area contributed by atoms with E-state index in [1.54, 1.807) is 14.2 Å². The van der Waals surface area contributed by atoms with Gasteiger partial charge >= 0.3 is 0 Å². The highest BCUT2D eigenvalue weighted by Crippen LogP contribution is 2.36. The van der Waals surface area contributed by atoms with Crippen molar-refractivity contribution in [1.82, 2.24) is 5.32 Å². The lowest BCUT2D eigenvalue weighted by Crippen LogP contribution is -2.20. The number of benzene rings is 1. The van der Waals surface area contributed by atoms with Gasteiger partial charge in [0.05, 0.1) is 19.8 Å². The molecule has 1 N–H and O–H groups in total. The second kappa shape index (κ2) is 7.48. The molecular formula is C17H23NO2S. The zero-order chi connectivity index (χ0) is 15.2. The maximum absolute atomic E-state index is 5.52. The van der Waals surface area contributed by atoms with E-state index in [1.807, 2.05) is 36.6 Å². The summed E-state index contributed by atoms with van der Waals surface area (Å²) in [7, 11) is 5.38. The summed E-state index contributed by atoms with van der Waals surface area (Å²) in [5.74, 6) is 1.72. The first-order valence-corrected chi connectivity index (χ1v) is 8.00. The van der Waals surface area contributed by atoms with Crippen LogP contribution in [0.1, 0.15) is 28.3 Å². The molecule has 0 radical (unpaired) electrons. The van der Waals surface area contributed by atoms with Gasteiger partial charge in [-0.3, -0.25) is 0 Å². The van der Waals surface area contributed by atoms with Crippen LogP contribution < -0.4 is 14.8 Å². The number of aryl methyl sites for hydroxylation is 1. The minimum absolute atomic E-state index is 0.166. The number of rotatable bonds is 7. The van der Waals surface area contributed by atoms with E-state index >= 15 is 0 Å². The summed E-state index contributed by atoms with van der Waals surface area (Å²) in [4.78, 5) is 2.80. The highest BCUT2D eigenvalue weighted by molar-refractivity contribution is 7.11. The number of thiophene rings is 1. The van der Waals surface area contributed by atoms with Crippen LogP contribution >= 0.6 is 11.3 Å². The molecule has 0 bridgehead atoms. The normalized spacial score (nSPS) is 12.2. The molecule has 0 amide bonds. The van der Waals surface area contributed by atoms with Gasteiger partial charge in [0, 0.05) is 22.2 Å². The first kappa shape index (κ1) is 15.9. The third-order valence-electron chi connectivity index (χ3n) is 3.63. The third kappa shape index (κ3) is 3.57. The van der Waals surface area contributed by atoms with E-state index in [9.17, 15) is 0 Å². The van der Waals surface area contributed by atoms with Crippen molar-refractivity contribution in [3.05, 3.63) is 45.6 Å². The van der Waals surface area contributed by atoms with Crippen LogP contribution in [-0.2, 0) is 12.8 Å². The van der Waals surface area contributed by atoms with Crippen LogP contribution in [0.15, 0.2) is 30.3 Å². The monoisotopic (exact) mass is 305 g/mol. The molecule has 0 aliphatic rings. The standard InChI is InChI=1S/C17H23NO2S/c1-5-12-9-10-13(21-12)11-14(18-2)17-15(19-3)7-6-8-16(17)20-4/h6-10,14,18H,5,11H2,1-4H3. The molecule has 1 atom stereocenters. The first-order chi connectivity index (χ1) is 10.2. The predicted octanol–water partition coefficient (Wildman–Crippen LogP) is 3.83. The van der Waals surface area contributed by atoms with Gasteiger partial charge < -0.3 is 14.8 Å². The van der Waals surface area contributed by atoms with Crippen molar-refractivity contribution < 1.29 is 9.47 Å². The Labute approximate surface area is 130 Å². The SMILES string of the molecule is CCc1ccc(CC(NC)c2c(OC)cccc2OC)s1. The van der Waals surface area contributed by atoms with Gasteiger partial charge in [-0.25, -0.2) is 0 Å². The lowest BCUT2D eigenvalue weighted by Gasteiger charge is -2.21. The molecular weight excluding hydrogens is 282 g/mol. The van der Waals surface area contributed by atoms with Crippen LogP contribution in [0.5, 0.6) is 11.5 Å². The fourth-order valence-corrected chi connectivity index (χ4v) is 3.50. The summed E-state index contributed by atoms with van der Waals surface area (Å²) in [6, 6.07) is 10.5. The molecule has 0 aliphatic heterocycles. The van der Waals surface area contributed by atoms with Gasteiger partial charge in [-0.1, -0.05) is 13.0 Å². The van der Waals surface area contributed by atoms with Gasteiger partial charge in [0.1, 0.15) is 11.5 Å². The fourth-order valence-electron chi connectivity index (χ4n) is 2.50. The Kier molecular flexibility index (Phi) is 5.65. The summed E-state index contributed by atoms with van der Waals surface area (Å²) in [5.41, 5.74) is 1.08. The molecule has 0 aliphatic carbocycles. The quantitative estimate of drug-likeness (QED) is 0.843. The molecule has 0 saturated carbocycles. The number of likely N-dealkylation sites (N-methyl/N-ethyl adjacent to an activating group) is 1. The van der Waals surface area contributed by atoms with E-state index in [4.69, 9.17) is 9.47 Å². The summed E-state index contributed by atoms with van der Waals surface area (Å²) < 4.78 is 11.0. The Bertz CT molecular complexity index is 558. The van der Waals surface area contributed by atoms with Gasteiger partial charge in [-0.2, -0.15) is 0 Å². The minimum atomic E-state index is 0.166. The van der Waals surface area contributed by atoms with E-state index in [0.29, 0.717) is 0 Å². The zero-order valence-corrected chi connectivity index (χ0v) is 13.9. The van der Waals surface area contributed by atoms with Crippen LogP contribution in [0.4, 0.5) is 0 Å². The van der Waals surface area contributed by atoms with Gasteiger partial charge in [0.25, 0.3) is 0 Å². The number of hydrogen-bond donors (Lipinski definition) is 1. The topological polar surface area (TPSA) is 30.5 Å². The second-order valence-corrected chi connectivity index (χ2v) is 6.10. The van der Waals surface area contributed by atoms with Crippen molar-refractivity contribution in [2.24, 2.45) is 0 Å². The number of nitrogens with one attached hydrogen (secondary N) is 1. The number of ether oxygens (including phenoxy) is 2. The van der Waals surface area contributed by atoms with Crippen molar-refractivity contribution in [2.45, 2.75) is 25.8 Å². The Balaban J connectivity index is 2.32. The Morgan fingerprint density at radius 1 is 1.05 bits per heavy atom. The van der Waals surface area contributed by atoms with Gasteiger partial charge in [0.2, 0.25) is 0 Å². The Morgan fingerprint density at radius 3 is 2.14 bits per heavy atom. The molecule has 114 valence electrons. The van der Waals surface area contributed by atoms with Gasteiger partial charge in [-0.05, 0) is 37.7 Å². The van der Waals surface area contributed by atoms with Crippen LogP contribution in [0, 0.1) is 0 Å². The molecule has 2 aromatic rings. The molecule has 0 fully saturated rings. The van der Waals surface area contributed by atoms with Crippen LogP contribution in [0.25, 0.3) is 0 Å². The average molecular weight is 305 g/mol. The van der Waals surface area contributed by atoms with E-state index < -0.39 is 0 Å². The maximum atomic E-state index is 5.52. The molecule has 0 spiro atoms. The van der Waals surface area contributed by atoms with Crippen molar-refractivity contribution in [3.8, 4) is 11.5 Å². The molecule has 21 heavy (non-hydrogen) atoms. The van der Waals surface area contributed by atoms with E-state index in [1.165, 1.54) is 9.75 Å². The molecule has 3 nitrogen and oxygen atoms in total. The summed E-state index contributed by atoms with van der Waals surface area (Å²) in [5, 5.41) is 3.39. The minimum Gasteiger partial charge on any atom is -0.496 e. The molecule has 1 unspecified atom stereocenters. The summed E-state index contributed by atoms with van der Waals surface area (Å²) in [6.07, 6.45) is 2.02. The van der Waals surface area contributed by atoms with Crippen molar-refractivity contribution >= 4 is 11.3 Å². The largest absolute Gasteiger partial charge is 0.496 e. The second-order valence-electron chi connectivity index (χ2n) is 4.84. The van der Waals surface area contributed by atoms with Crippen molar-refractivity contribution in [3.63, 3.8) is 0 Å². The van der Waals surface area contributed by atoms with Gasteiger partial charge in [0.15, 0.2) is 0 Å². The molecule has 1 aromatic carbocycles. The average Bonchev–Trinajstić information content (AvgIpc) is 2.99. The Morgan fingerprint density at radius 2 is 1.67 bits per heavy atom. The smallest absolute Gasteiger partial charge is 0.127 e. The highest BCUT2D eigenvalue weighted by Gasteiger charge is 2.20. The van der Waals surface area contributed by atoms with Crippen molar-refractivity contribution in [2.75, 3.05) is 21.3 Å². The maximum Gasteiger partial charge on any atom is 0.127 e. The number of methoxy groups -OCH3 is 2. The van der Waals surface area contributed by atoms with Crippen LogP contribution in [0.3, 0.4) is 0 Å². The fraction of sp³-hybridized carbons (Fsp3) is 0.412. The molecule has 1 heterocycles. The lowest BCUT2D eigenvalue weighted by atomic mass is 10.0. The highest BCUT2D eigenvalue weighted by atomic mass is 32.1. The lowest BCUT2D eigenvalue weighted by molar-refractivity contribution is 0.373. The number of hydrogen-bond acceptors (Lipinski definition) is 4. The Hall–Kier alpha value is -1.52. The van der Waals surface area contributed by atoms with Crippen LogP contribution in [0.2, 0.25) is 0 Å². The molecule has 1 aromatic heterocycles. The molecule has 0 saturated heterocycles. The zero-order valence-electron chi connectivity index (χ0n) is 13.1. The summed E-state index contributed by atoms with van der Waals surface area (Å²) >= 11 is 1.88. The third-order valence-corrected chi connectivity index (χ3v) is 4.89. The summed E-state index contributed by atoms with van der Waals surface area (Å²) in [6.45, 7) is 2.19. The van der Waals surface area contributed by atoms with Crippen LogP contribution in [-0.4, -0.2) is 21.3 Å². The molecule has 2 rings (SSSR count). The molecule has 4 heteroatoms. The van der Waals surface area contributed by atoms with E-state index in [-0.39, 0.29) is 6.04 Å². The van der Waals surface area contributed by atoms with E-state index in [2.05, 4.69) is 24.4 Å². The van der Waals surface area contributed by atoms with Gasteiger partial charge in [-0.15, -0.1) is 11.3 Å².